The average molecular weight is 318 g/mol. The van der Waals surface area contributed by atoms with E-state index in [0.29, 0.717) is 16.3 Å². The summed E-state index contributed by atoms with van der Waals surface area (Å²) in [7, 11) is 0. The molecule has 0 aliphatic carbocycles. The highest BCUT2D eigenvalue weighted by Crippen LogP contribution is 2.16. The molecule has 0 fully saturated rings. The number of nitrogens with zero attached hydrogens (tertiary/aromatic N) is 2. The van der Waals surface area contributed by atoms with E-state index in [0.717, 1.165) is 0 Å². The van der Waals surface area contributed by atoms with Crippen LogP contribution in [0.3, 0.4) is 0 Å². The van der Waals surface area contributed by atoms with Crippen LogP contribution in [0, 0.1) is 10.1 Å². The Balaban J connectivity index is 2.10. The Hall–Kier alpha value is -2.73. The minimum Gasteiger partial charge on any atom is -0.267 e. The molecule has 7 heteroatoms. The molecule has 0 saturated heterocycles. The number of halogens is 1. The van der Waals surface area contributed by atoms with Gasteiger partial charge in [-0.1, -0.05) is 29.8 Å². The van der Waals surface area contributed by atoms with Crippen molar-refractivity contribution in [1.82, 2.24) is 5.43 Å². The lowest BCUT2D eigenvalue weighted by atomic mass is 10.1. The van der Waals surface area contributed by atoms with Gasteiger partial charge in [-0.2, -0.15) is 5.10 Å². The van der Waals surface area contributed by atoms with Crippen molar-refractivity contribution in [2.45, 2.75) is 6.92 Å². The van der Waals surface area contributed by atoms with Crippen LogP contribution < -0.4 is 5.43 Å². The number of nitrogens with one attached hydrogen (secondary N) is 1. The molecule has 22 heavy (non-hydrogen) atoms. The number of rotatable bonds is 4. The maximum atomic E-state index is 11.9. The highest BCUT2D eigenvalue weighted by molar-refractivity contribution is 6.34. The Bertz CT molecular complexity index is 742. The number of nitro benzene ring substituents is 1. The van der Waals surface area contributed by atoms with Gasteiger partial charge in [-0.3, -0.25) is 14.9 Å². The summed E-state index contributed by atoms with van der Waals surface area (Å²) in [6.45, 7) is 1.72. The van der Waals surface area contributed by atoms with E-state index >= 15 is 0 Å². The zero-order chi connectivity index (χ0) is 16.1. The van der Waals surface area contributed by atoms with Crippen LogP contribution in [-0.4, -0.2) is 16.5 Å². The fraction of sp³-hybridized carbons (Fsp3) is 0.0667. The Morgan fingerprint density at radius 1 is 1.18 bits per heavy atom. The zero-order valence-corrected chi connectivity index (χ0v) is 12.4. The van der Waals surface area contributed by atoms with Crippen molar-refractivity contribution >= 4 is 28.9 Å². The molecule has 0 aliphatic heterocycles. The smallest absolute Gasteiger partial charge is 0.267 e. The lowest BCUT2D eigenvalue weighted by molar-refractivity contribution is -0.384. The first-order valence-corrected chi connectivity index (χ1v) is 6.71. The molecule has 1 amide bonds. The summed E-state index contributed by atoms with van der Waals surface area (Å²) in [6.07, 6.45) is 0. The molecule has 0 bridgehead atoms. The van der Waals surface area contributed by atoms with Crippen molar-refractivity contribution in [1.29, 1.82) is 0 Å². The summed E-state index contributed by atoms with van der Waals surface area (Å²) < 4.78 is 0. The minimum atomic E-state index is -0.526. The number of benzene rings is 2. The molecular formula is C15H12ClN3O3. The molecule has 0 spiro atoms. The van der Waals surface area contributed by atoms with Crippen molar-refractivity contribution in [2.24, 2.45) is 5.10 Å². The quantitative estimate of drug-likeness (QED) is 0.533. The molecule has 0 radical (unpaired) electrons. The van der Waals surface area contributed by atoms with Gasteiger partial charge in [0, 0.05) is 28.3 Å². The number of carbonyl (C=O) groups is 1. The molecule has 6 nitrogen and oxygen atoms in total. The predicted octanol–water partition coefficient (Wildman–Crippen LogP) is 3.40. The molecule has 0 heterocycles. The van der Waals surface area contributed by atoms with Gasteiger partial charge in [0.05, 0.1) is 10.6 Å². The molecule has 0 unspecified atom stereocenters. The Morgan fingerprint density at radius 3 is 2.41 bits per heavy atom. The van der Waals surface area contributed by atoms with Gasteiger partial charge in [0.2, 0.25) is 0 Å². The molecule has 0 saturated carbocycles. The van der Waals surface area contributed by atoms with E-state index in [4.69, 9.17) is 11.6 Å². The number of carbonyl (C=O) groups excluding carboxylic acids is 1. The van der Waals surface area contributed by atoms with Crippen LogP contribution in [0.2, 0.25) is 5.02 Å². The molecule has 2 aromatic carbocycles. The minimum absolute atomic E-state index is 0.0766. The SMILES string of the molecule is C/C(=N/NC(=O)c1ccc([N+](=O)[O-])cc1)c1ccccc1Cl. The summed E-state index contributed by atoms with van der Waals surface area (Å²) >= 11 is 6.04. The van der Waals surface area contributed by atoms with Gasteiger partial charge in [0.15, 0.2) is 0 Å². The molecule has 0 aromatic heterocycles. The third-order valence-electron chi connectivity index (χ3n) is 2.93. The maximum Gasteiger partial charge on any atom is 0.271 e. The Kier molecular flexibility index (Phi) is 4.85. The molecule has 2 aromatic rings. The highest BCUT2D eigenvalue weighted by Gasteiger charge is 2.09. The summed E-state index contributed by atoms with van der Waals surface area (Å²) in [6, 6.07) is 12.4. The normalized spacial score (nSPS) is 11.1. The Labute approximate surface area is 131 Å². The van der Waals surface area contributed by atoms with Crippen LogP contribution in [0.25, 0.3) is 0 Å². The predicted molar refractivity (Wildman–Crippen MR) is 84.2 cm³/mol. The van der Waals surface area contributed by atoms with Crippen molar-refractivity contribution in [3.05, 3.63) is 74.8 Å². The van der Waals surface area contributed by atoms with E-state index in [9.17, 15) is 14.9 Å². The number of nitro groups is 1. The maximum absolute atomic E-state index is 11.9. The van der Waals surface area contributed by atoms with Crippen LogP contribution in [0.4, 0.5) is 5.69 Å². The molecule has 112 valence electrons. The molecule has 2 rings (SSSR count). The number of non-ortho nitro benzene ring substituents is 1. The molecular weight excluding hydrogens is 306 g/mol. The average Bonchev–Trinajstić information content (AvgIpc) is 2.52. The highest BCUT2D eigenvalue weighted by atomic mass is 35.5. The number of hydrazone groups is 1. The summed E-state index contributed by atoms with van der Waals surface area (Å²) in [4.78, 5) is 22.0. The van der Waals surface area contributed by atoms with Gasteiger partial charge < -0.3 is 0 Å². The zero-order valence-electron chi connectivity index (χ0n) is 11.6. The van der Waals surface area contributed by atoms with Gasteiger partial charge in [-0.15, -0.1) is 0 Å². The van der Waals surface area contributed by atoms with Crippen LogP contribution in [-0.2, 0) is 0 Å². The number of hydrogen-bond acceptors (Lipinski definition) is 4. The summed E-state index contributed by atoms with van der Waals surface area (Å²) in [5.41, 5.74) is 3.87. The van der Waals surface area contributed by atoms with Crippen LogP contribution in [0.15, 0.2) is 53.6 Å². The monoisotopic (exact) mass is 317 g/mol. The van der Waals surface area contributed by atoms with E-state index in [2.05, 4.69) is 10.5 Å². The van der Waals surface area contributed by atoms with E-state index in [1.54, 1.807) is 25.1 Å². The fourth-order valence-electron chi connectivity index (χ4n) is 1.75. The second-order valence-electron chi connectivity index (χ2n) is 4.42. The van der Waals surface area contributed by atoms with E-state index in [-0.39, 0.29) is 11.3 Å². The second kappa shape index (κ2) is 6.82. The number of amides is 1. The third kappa shape index (κ3) is 3.67. The van der Waals surface area contributed by atoms with Gasteiger partial charge in [-0.25, -0.2) is 5.43 Å². The number of hydrogen-bond donors (Lipinski definition) is 1. The van der Waals surface area contributed by atoms with Crippen LogP contribution in [0.5, 0.6) is 0 Å². The second-order valence-corrected chi connectivity index (χ2v) is 4.83. The van der Waals surface area contributed by atoms with Gasteiger partial charge in [0.1, 0.15) is 0 Å². The summed E-state index contributed by atoms with van der Waals surface area (Å²) in [5.74, 6) is -0.457. The van der Waals surface area contributed by atoms with Gasteiger partial charge in [0.25, 0.3) is 11.6 Å². The van der Waals surface area contributed by atoms with E-state index in [1.165, 1.54) is 24.3 Å². The topological polar surface area (TPSA) is 84.6 Å². The van der Waals surface area contributed by atoms with Crippen molar-refractivity contribution in [3.63, 3.8) is 0 Å². The molecule has 0 atom stereocenters. The largest absolute Gasteiger partial charge is 0.271 e. The first-order chi connectivity index (χ1) is 10.5. The molecule has 1 N–H and O–H groups in total. The lowest BCUT2D eigenvalue weighted by Crippen LogP contribution is -2.19. The van der Waals surface area contributed by atoms with Gasteiger partial charge >= 0.3 is 0 Å². The van der Waals surface area contributed by atoms with Crippen molar-refractivity contribution < 1.29 is 9.72 Å². The van der Waals surface area contributed by atoms with E-state index in [1.807, 2.05) is 6.07 Å². The Morgan fingerprint density at radius 2 is 1.82 bits per heavy atom. The van der Waals surface area contributed by atoms with Crippen molar-refractivity contribution in [2.75, 3.05) is 0 Å². The first kappa shape index (κ1) is 15.7. The van der Waals surface area contributed by atoms with Crippen LogP contribution in [0.1, 0.15) is 22.8 Å². The molecule has 0 aliphatic rings. The standard InChI is InChI=1S/C15H12ClN3O3/c1-10(13-4-2-3-5-14(13)16)17-18-15(20)11-6-8-12(9-7-11)19(21)22/h2-9H,1H3,(H,18,20)/b17-10-. The first-order valence-electron chi connectivity index (χ1n) is 6.33. The van der Waals surface area contributed by atoms with Gasteiger partial charge in [-0.05, 0) is 25.1 Å². The third-order valence-corrected chi connectivity index (χ3v) is 3.26. The van der Waals surface area contributed by atoms with Crippen molar-refractivity contribution in [3.8, 4) is 0 Å². The van der Waals surface area contributed by atoms with Crippen LogP contribution >= 0.6 is 11.6 Å². The lowest BCUT2D eigenvalue weighted by Gasteiger charge is -2.04. The van der Waals surface area contributed by atoms with E-state index < -0.39 is 10.8 Å². The fourth-order valence-corrected chi connectivity index (χ4v) is 2.02. The summed E-state index contributed by atoms with van der Waals surface area (Å²) in [5, 5.41) is 15.1.